The summed E-state index contributed by atoms with van der Waals surface area (Å²) in [7, 11) is 0. The van der Waals surface area contributed by atoms with Gasteiger partial charge in [0.15, 0.2) is 5.75 Å². The Morgan fingerprint density at radius 1 is 1.29 bits per heavy atom. The van der Waals surface area contributed by atoms with Gasteiger partial charge in [-0.05, 0) is 51.5 Å². The van der Waals surface area contributed by atoms with E-state index >= 15 is 0 Å². The maximum atomic E-state index is 12.3. The van der Waals surface area contributed by atoms with Gasteiger partial charge in [0.1, 0.15) is 18.0 Å². The number of carbonyl (C=O) groups is 1. The highest BCUT2D eigenvalue weighted by molar-refractivity contribution is 6.30. The molecule has 1 unspecified atom stereocenters. The van der Waals surface area contributed by atoms with Crippen LogP contribution in [0.15, 0.2) is 36.4 Å². The van der Waals surface area contributed by atoms with Gasteiger partial charge in [0.05, 0.1) is 29.1 Å². The van der Waals surface area contributed by atoms with Crippen LogP contribution in [0.5, 0.6) is 11.5 Å². The topological polar surface area (TPSA) is 108 Å². The van der Waals surface area contributed by atoms with Crippen LogP contribution in [0, 0.1) is 10.1 Å². The molecule has 1 aliphatic rings. The van der Waals surface area contributed by atoms with Crippen molar-refractivity contribution in [2.24, 2.45) is 0 Å². The molecular formula is C22H24ClNO7. The lowest BCUT2D eigenvalue weighted by Crippen LogP contribution is -2.41. The van der Waals surface area contributed by atoms with Crippen molar-refractivity contribution < 1.29 is 29.0 Å². The van der Waals surface area contributed by atoms with Gasteiger partial charge in [0.25, 0.3) is 0 Å². The van der Waals surface area contributed by atoms with E-state index in [0.717, 1.165) is 11.6 Å². The van der Waals surface area contributed by atoms with Crippen molar-refractivity contribution in [3.8, 4) is 11.5 Å². The Kier molecular flexibility index (Phi) is 6.43. The zero-order valence-electron chi connectivity index (χ0n) is 17.5. The van der Waals surface area contributed by atoms with Crippen molar-refractivity contribution in [1.29, 1.82) is 0 Å². The average Bonchev–Trinajstić information content (AvgIpc) is 2.70. The fourth-order valence-corrected chi connectivity index (χ4v) is 3.53. The van der Waals surface area contributed by atoms with E-state index in [9.17, 15) is 20.0 Å². The Bertz CT molecular complexity index is 1000. The second kappa shape index (κ2) is 8.72. The molecule has 2 aromatic rings. The molecule has 8 nitrogen and oxygen atoms in total. The van der Waals surface area contributed by atoms with Gasteiger partial charge >= 0.3 is 11.7 Å². The number of carbonyl (C=O) groups excluding carboxylic acids is 1. The molecule has 0 saturated carbocycles. The highest BCUT2D eigenvalue weighted by atomic mass is 35.5. The van der Waals surface area contributed by atoms with Gasteiger partial charge in [0.2, 0.25) is 0 Å². The molecule has 0 bridgehead atoms. The number of nitrogens with zero attached hydrogens (tertiary/aromatic N) is 1. The molecule has 1 aliphatic heterocycles. The van der Waals surface area contributed by atoms with Crippen LogP contribution in [-0.4, -0.2) is 41.4 Å². The van der Waals surface area contributed by atoms with Crippen LogP contribution in [0.4, 0.5) is 5.69 Å². The third-order valence-electron chi connectivity index (χ3n) is 4.95. The highest BCUT2D eigenvalue weighted by Crippen LogP contribution is 2.41. The molecule has 166 valence electrons. The predicted molar refractivity (Wildman–Crippen MR) is 114 cm³/mol. The van der Waals surface area contributed by atoms with Gasteiger partial charge in [-0.3, -0.25) is 10.1 Å². The van der Waals surface area contributed by atoms with Crippen molar-refractivity contribution >= 4 is 23.3 Å². The summed E-state index contributed by atoms with van der Waals surface area (Å²) in [5.41, 5.74) is -1.13. The number of hydrogen-bond acceptors (Lipinski definition) is 7. The molecular weight excluding hydrogens is 426 g/mol. The van der Waals surface area contributed by atoms with Crippen molar-refractivity contribution in [3.63, 3.8) is 0 Å². The van der Waals surface area contributed by atoms with E-state index < -0.39 is 21.9 Å². The summed E-state index contributed by atoms with van der Waals surface area (Å²) in [5, 5.41) is 22.3. The maximum absolute atomic E-state index is 12.3. The summed E-state index contributed by atoms with van der Waals surface area (Å²) in [6.07, 6.45) is 0.460. The first-order chi connectivity index (χ1) is 14.5. The quantitative estimate of drug-likeness (QED) is 0.398. The van der Waals surface area contributed by atoms with Crippen molar-refractivity contribution in [2.45, 2.75) is 38.2 Å². The standard InChI is InChI=1S/C22H24ClNO7/c1-21(2,3)31-20(26)14-4-7-18(17(10-14)24(27)28)30-13-22(12-25)8-9-29-19-11-15(23)5-6-16(19)22/h4-7,10-11,25H,8-9,12-13H2,1-3H3. The molecule has 1 heterocycles. The molecule has 9 heteroatoms. The summed E-state index contributed by atoms with van der Waals surface area (Å²) in [6.45, 7) is 5.22. The SMILES string of the molecule is CC(C)(C)OC(=O)c1ccc(OCC2(CO)CCOc3cc(Cl)ccc32)c([N+](=O)[O-])c1. The number of nitro benzene ring substituents is 1. The maximum Gasteiger partial charge on any atom is 0.338 e. The molecule has 0 aromatic heterocycles. The number of aliphatic hydroxyl groups excluding tert-OH is 1. The predicted octanol–water partition coefficient (Wildman–Crippen LogP) is 4.30. The van der Waals surface area contributed by atoms with Crippen LogP contribution in [0.3, 0.4) is 0 Å². The lowest BCUT2D eigenvalue weighted by molar-refractivity contribution is -0.386. The van der Waals surface area contributed by atoms with Gasteiger partial charge in [0, 0.05) is 16.7 Å². The van der Waals surface area contributed by atoms with Crippen LogP contribution in [-0.2, 0) is 10.2 Å². The number of halogens is 1. The molecule has 1 N–H and O–H groups in total. The number of ether oxygens (including phenoxy) is 3. The molecule has 3 rings (SSSR count). The van der Waals surface area contributed by atoms with Crippen LogP contribution in [0.25, 0.3) is 0 Å². The van der Waals surface area contributed by atoms with Gasteiger partial charge in [-0.2, -0.15) is 0 Å². The molecule has 0 amide bonds. The van der Waals surface area contributed by atoms with Crippen LogP contribution >= 0.6 is 11.6 Å². The zero-order chi connectivity index (χ0) is 22.8. The number of hydrogen-bond donors (Lipinski definition) is 1. The number of nitro groups is 1. The Morgan fingerprint density at radius 2 is 2.03 bits per heavy atom. The van der Waals surface area contributed by atoms with Crippen LogP contribution in [0.1, 0.15) is 43.1 Å². The molecule has 0 saturated heterocycles. The van der Waals surface area contributed by atoms with E-state index in [1.165, 1.54) is 12.1 Å². The number of fused-ring (bicyclic) bond motifs is 1. The molecule has 1 atom stereocenters. The van der Waals surface area contributed by atoms with Crippen molar-refractivity contribution in [1.82, 2.24) is 0 Å². The second-order valence-corrected chi connectivity index (χ2v) is 8.84. The van der Waals surface area contributed by atoms with Crippen LogP contribution in [0.2, 0.25) is 5.02 Å². The number of aliphatic hydroxyl groups is 1. The van der Waals surface area contributed by atoms with Crippen molar-refractivity contribution in [2.75, 3.05) is 19.8 Å². The smallest absolute Gasteiger partial charge is 0.338 e. The Balaban J connectivity index is 1.87. The monoisotopic (exact) mass is 449 g/mol. The Labute approximate surface area is 184 Å². The van der Waals surface area contributed by atoms with Gasteiger partial charge in [-0.1, -0.05) is 17.7 Å². The van der Waals surface area contributed by atoms with Crippen molar-refractivity contribution in [3.05, 3.63) is 62.7 Å². The lowest BCUT2D eigenvalue weighted by Gasteiger charge is -2.37. The molecule has 2 aromatic carbocycles. The second-order valence-electron chi connectivity index (χ2n) is 8.41. The van der Waals surface area contributed by atoms with Gasteiger partial charge < -0.3 is 19.3 Å². The highest BCUT2D eigenvalue weighted by Gasteiger charge is 2.39. The van der Waals surface area contributed by atoms with Gasteiger partial charge in [-0.25, -0.2) is 4.79 Å². The Morgan fingerprint density at radius 3 is 2.68 bits per heavy atom. The van der Waals surface area contributed by atoms with E-state index in [2.05, 4.69) is 0 Å². The first-order valence-corrected chi connectivity index (χ1v) is 10.1. The van der Waals surface area contributed by atoms with Gasteiger partial charge in [-0.15, -0.1) is 0 Å². The first kappa shape index (κ1) is 22.8. The number of rotatable bonds is 6. The first-order valence-electron chi connectivity index (χ1n) is 9.73. The summed E-state index contributed by atoms with van der Waals surface area (Å²) in [5.74, 6) is -0.123. The zero-order valence-corrected chi connectivity index (χ0v) is 18.3. The van der Waals surface area contributed by atoms with E-state index in [1.807, 2.05) is 0 Å². The fraction of sp³-hybridized carbons (Fsp3) is 0.409. The summed E-state index contributed by atoms with van der Waals surface area (Å²) >= 11 is 6.04. The molecule has 0 radical (unpaired) electrons. The Hall–Kier alpha value is -2.84. The van der Waals surface area contributed by atoms with E-state index in [4.69, 9.17) is 25.8 Å². The average molecular weight is 450 g/mol. The summed E-state index contributed by atoms with van der Waals surface area (Å²) < 4.78 is 16.7. The number of benzene rings is 2. The van der Waals surface area contributed by atoms with E-state index in [1.54, 1.807) is 39.0 Å². The molecule has 31 heavy (non-hydrogen) atoms. The minimum Gasteiger partial charge on any atom is -0.493 e. The van der Waals surface area contributed by atoms with E-state index in [-0.39, 0.29) is 30.2 Å². The summed E-state index contributed by atoms with van der Waals surface area (Å²) in [4.78, 5) is 23.3. The van der Waals surface area contributed by atoms with E-state index in [0.29, 0.717) is 23.8 Å². The minimum absolute atomic E-state index is 0.00728. The van der Waals surface area contributed by atoms with Crippen LogP contribution < -0.4 is 9.47 Å². The summed E-state index contributed by atoms with van der Waals surface area (Å²) in [6, 6.07) is 9.03. The molecule has 0 aliphatic carbocycles. The third-order valence-corrected chi connectivity index (χ3v) is 5.19. The molecule has 0 spiro atoms. The minimum atomic E-state index is -0.810. The fourth-order valence-electron chi connectivity index (χ4n) is 3.37. The largest absolute Gasteiger partial charge is 0.493 e. The third kappa shape index (κ3) is 5.08. The lowest BCUT2D eigenvalue weighted by atomic mass is 9.77. The number of esters is 1. The molecule has 0 fully saturated rings. The normalized spacial score (nSPS) is 18.0.